The van der Waals surface area contributed by atoms with Gasteiger partial charge in [-0.3, -0.25) is 4.57 Å². The van der Waals surface area contributed by atoms with E-state index in [1.807, 2.05) is 0 Å². The van der Waals surface area contributed by atoms with Gasteiger partial charge in [-0.2, -0.15) is 0 Å². The van der Waals surface area contributed by atoms with Gasteiger partial charge in [0.1, 0.15) is 5.82 Å². The number of nitrogens with zero attached hydrogens (tertiary/aromatic N) is 3. The Morgan fingerprint density at radius 3 is 2.47 bits per heavy atom. The molecule has 0 bridgehead atoms. The topological polar surface area (TPSA) is 64.8 Å². The summed E-state index contributed by atoms with van der Waals surface area (Å²) >= 11 is 0. The number of halogens is 1. The quantitative estimate of drug-likeness (QED) is 0.547. The molecule has 1 saturated carbocycles. The van der Waals surface area contributed by atoms with Gasteiger partial charge in [-0.25, -0.2) is 8.42 Å². The molecule has 0 aromatic carbocycles. The van der Waals surface area contributed by atoms with E-state index in [1.165, 1.54) is 19.3 Å². The molecule has 1 aliphatic rings. The molecule has 0 aliphatic heterocycles. The van der Waals surface area contributed by atoms with Crippen molar-refractivity contribution in [2.45, 2.75) is 69.5 Å². The van der Waals surface area contributed by atoms with Crippen LogP contribution in [0.2, 0.25) is 0 Å². The van der Waals surface area contributed by atoms with Crippen molar-refractivity contribution < 1.29 is 8.42 Å². The van der Waals surface area contributed by atoms with Crippen molar-refractivity contribution in [1.29, 1.82) is 0 Å². The minimum Gasteiger partial charge on any atom is -0.298 e. The van der Waals surface area contributed by atoms with Gasteiger partial charge in [0, 0.05) is 23.1 Å². The zero-order valence-corrected chi connectivity index (χ0v) is 12.8. The Kier molecular flexibility index (Phi) is 4.84. The van der Waals surface area contributed by atoms with Crippen LogP contribution in [0.1, 0.15) is 63.7 Å². The van der Waals surface area contributed by atoms with E-state index < -0.39 is 9.05 Å². The van der Waals surface area contributed by atoms with E-state index in [0.717, 1.165) is 37.9 Å². The predicted molar refractivity (Wildman–Crippen MR) is 73.8 cm³/mol. The lowest BCUT2D eigenvalue weighted by Crippen LogP contribution is -2.08. The highest BCUT2D eigenvalue weighted by molar-refractivity contribution is 8.13. The Morgan fingerprint density at radius 2 is 1.89 bits per heavy atom. The first-order valence-electron chi connectivity index (χ1n) is 6.92. The van der Waals surface area contributed by atoms with Gasteiger partial charge in [0.2, 0.25) is 0 Å². The maximum atomic E-state index is 11.5. The molecule has 1 fully saturated rings. The smallest absolute Gasteiger partial charge is 0.296 e. The SMILES string of the molecule is CCCCCCCc1nnc(S(=O)(=O)Cl)n1C1CC1. The van der Waals surface area contributed by atoms with E-state index in [2.05, 4.69) is 17.1 Å². The number of aromatic nitrogens is 3. The lowest BCUT2D eigenvalue weighted by molar-refractivity contribution is 0.558. The lowest BCUT2D eigenvalue weighted by atomic mass is 10.1. The second-order valence-corrected chi connectivity index (χ2v) is 7.56. The van der Waals surface area contributed by atoms with Crippen LogP contribution in [0.3, 0.4) is 0 Å². The average molecular weight is 306 g/mol. The minimum atomic E-state index is -3.80. The maximum absolute atomic E-state index is 11.5. The zero-order chi connectivity index (χ0) is 13.9. The molecule has 0 unspecified atom stereocenters. The summed E-state index contributed by atoms with van der Waals surface area (Å²) in [5.41, 5.74) is 0. The molecule has 1 heterocycles. The summed E-state index contributed by atoms with van der Waals surface area (Å²) in [7, 11) is 1.61. The largest absolute Gasteiger partial charge is 0.298 e. The molecule has 0 saturated heterocycles. The number of aryl methyl sites for hydroxylation is 1. The van der Waals surface area contributed by atoms with Gasteiger partial charge < -0.3 is 0 Å². The third-order valence-electron chi connectivity index (χ3n) is 3.37. The summed E-state index contributed by atoms with van der Waals surface area (Å²) in [6, 6.07) is 0.226. The molecule has 108 valence electrons. The third-order valence-corrected chi connectivity index (χ3v) is 4.50. The Bertz CT molecular complexity index is 523. The molecular weight excluding hydrogens is 286 g/mol. The average Bonchev–Trinajstić information content (AvgIpc) is 3.08. The van der Waals surface area contributed by atoms with Crippen molar-refractivity contribution in [3.8, 4) is 0 Å². The summed E-state index contributed by atoms with van der Waals surface area (Å²) in [5, 5.41) is 7.68. The fraction of sp³-hybridized carbons (Fsp3) is 0.833. The van der Waals surface area contributed by atoms with E-state index in [1.54, 1.807) is 4.57 Å². The van der Waals surface area contributed by atoms with Crippen molar-refractivity contribution in [1.82, 2.24) is 14.8 Å². The summed E-state index contributed by atoms with van der Waals surface area (Å²) in [6.45, 7) is 2.18. The van der Waals surface area contributed by atoms with Crippen molar-refractivity contribution in [2.75, 3.05) is 0 Å². The highest BCUT2D eigenvalue weighted by Crippen LogP contribution is 2.38. The standard InChI is InChI=1S/C12H20ClN3O2S/c1-2-3-4-5-6-7-11-14-15-12(19(13,17)18)16(11)10-8-9-10/h10H,2-9H2,1H3. The van der Waals surface area contributed by atoms with E-state index in [-0.39, 0.29) is 11.2 Å². The molecule has 0 spiro atoms. The normalized spacial score (nSPS) is 15.9. The first-order valence-corrected chi connectivity index (χ1v) is 9.23. The van der Waals surface area contributed by atoms with Crippen LogP contribution in [0.15, 0.2) is 5.16 Å². The molecule has 0 N–H and O–H groups in total. The van der Waals surface area contributed by atoms with Gasteiger partial charge in [0.15, 0.2) is 0 Å². The summed E-state index contributed by atoms with van der Waals surface area (Å²) in [4.78, 5) is 0. The van der Waals surface area contributed by atoms with E-state index in [9.17, 15) is 8.42 Å². The molecule has 2 rings (SSSR count). The molecule has 1 aliphatic carbocycles. The first kappa shape index (κ1) is 14.8. The van der Waals surface area contributed by atoms with Crippen LogP contribution in [-0.4, -0.2) is 23.2 Å². The first-order chi connectivity index (χ1) is 9.04. The molecule has 0 radical (unpaired) electrons. The number of hydrogen-bond acceptors (Lipinski definition) is 4. The van der Waals surface area contributed by atoms with Crippen LogP contribution in [0.5, 0.6) is 0 Å². The van der Waals surface area contributed by atoms with Gasteiger partial charge in [0.05, 0.1) is 0 Å². The van der Waals surface area contributed by atoms with Crippen molar-refractivity contribution in [3.63, 3.8) is 0 Å². The van der Waals surface area contributed by atoms with Crippen molar-refractivity contribution in [2.24, 2.45) is 0 Å². The van der Waals surface area contributed by atoms with Crippen LogP contribution < -0.4 is 0 Å². The van der Waals surface area contributed by atoms with Crippen LogP contribution >= 0.6 is 10.7 Å². The monoisotopic (exact) mass is 305 g/mol. The van der Waals surface area contributed by atoms with Gasteiger partial charge in [-0.15, -0.1) is 10.2 Å². The highest BCUT2D eigenvalue weighted by atomic mass is 35.7. The van der Waals surface area contributed by atoms with Crippen LogP contribution in [0, 0.1) is 0 Å². The fourth-order valence-corrected chi connectivity index (χ4v) is 3.17. The molecule has 1 aromatic heterocycles. The second kappa shape index (κ2) is 6.22. The van der Waals surface area contributed by atoms with E-state index >= 15 is 0 Å². The Labute approximate surface area is 118 Å². The molecule has 1 aromatic rings. The lowest BCUT2D eigenvalue weighted by Gasteiger charge is -2.06. The number of rotatable bonds is 8. The fourth-order valence-electron chi connectivity index (χ4n) is 2.23. The molecule has 19 heavy (non-hydrogen) atoms. The highest BCUT2D eigenvalue weighted by Gasteiger charge is 2.33. The van der Waals surface area contributed by atoms with Crippen LogP contribution in [0.25, 0.3) is 0 Å². The third kappa shape index (κ3) is 3.92. The minimum absolute atomic E-state index is 0.0831. The maximum Gasteiger partial charge on any atom is 0.296 e. The van der Waals surface area contributed by atoms with Gasteiger partial charge in [-0.1, -0.05) is 32.6 Å². The predicted octanol–water partition coefficient (Wildman–Crippen LogP) is 3.05. The van der Waals surface area contributed by atoms with E-state index in [4.69, 9.17) is 10.7 Å². The molecule has 5 nitrogen and oxygen atoms in total. The van der Waals surface area contributed by atoms with E-state index in [0.29, 0.717) is 0 Å². The molecular formula is C12H20ClN3O2S. The number of unbranched alkanes of at least 4 members (excludes halogenated alkanes) is 4. The van der Waals surface area contributed by atoms with Gasteiger partial charge in [-0.05, 0) is 19.3 Å². The molecule has 0 amide bonds. The van der Waals surface area contributed by atoms with Gasteiger partial charge in [0.25, 0.3) is 14.2 Å². The zero-order valence-electron chi connectivity index (χ0n) is 11.2. The van der Waals surface area contributed by atoms with Crippen molar-refractivity contribution >= 4 is 19.7 Å². The van der Waals surface area contributed by atoms with Gasteiger partial charge >= 0.3 is 0 Å². The Balaban J connectivity index is 2.03. The Hall–Kier alpha value is -0.620. The Morgan fingerprint density at radius 1 is 1.21 bits per heavy atom. The molecule has 0 atom stereocenters. The van der Waals surface area contributed by atoms with Crippen molar-refractivity contribution in [3.05, 3.63) is 5.82 Å². The summed E-state index contributed by atoms with van der Waals surface area (Å²) < 4.78 is 24.6. The van der Waals surface area contributed by atoms with Crippen LogP contribution in [-0.2, 0) is 15.5 Å². The number of hydrogen-bond donors (Lipinski definition) is 0. The summed E-state index contributed by atoms with van der Waals surface area (Å²) in [6.07, 6.45) is 8.60. The molecule has 7 heteroatoms. The summed E-state index contributed by atoms with van der Waals surface area (Å²) in [5.74, 6) is 0.762. The van der Waals surface area contributed by atoms with Crippen LogP contribution in [0.4, 0.5) is 0 Å². The second-order valence-electron chi connectivity index (χ2n) is 5.10.